The van der Waals surface area contributed by atoms with Crippen molar-refractivity contribution < 1.29 is 8.42 Å². The van der Waals surface area contributed by atoms with Crippen LogP contribution in [0, 0.1) is 19.8 Å². The Kier molecular flexibility index (Phi) is 3.64. The minimum atomic E-state index is -3.47. The summed E-state index contributed by atoms with van der Waals surface area (Å²) in [5.74, 6) is 0.713. The molecule has 1 aliphatic rings. The van der Waals surface area contributed by atoms with Gasteiger partial charge >= 0.3 is 0 Å². The molecule has 1 aromatic rings. The fraction of sp³-hybridized carbons (Fsp3) is 0.538. The van der Waals surface area contributed by atoms with E-state index >= 15 is 0 Å². The first kappa shape index (κ1) is 13.4. The average Bonchev–Trinajstić information content (AvgIpc) is 3.07. The SMILES string of the molecule is Cc1cc(N)c(S(=O)(=O)NCCC2CC2)cc1C. The van der Waals surface area contributed by atoms with Crippen molar-refractivity contribution >= 4 is 15.7 Å². The fourth-order valence-electron chi connectivity index (χ4n) is 1.93. The average molecular weight is 268 g/mol. The fourth-order valence-corrected chi connectivity index (χ4v) is 3.17. The van der Waals surface area contributed by atoms with Crippen LogP contribution < -0.4 is 10.5 Å². The molecule has 3 N–H and O–H groups in total. The highest BCUT2D eigenvalue weighted by molar-refractivity contribution is 7.89. The molecular weight excluding hydrogens is 248 g/mol. The van der Waals surface area contributed by atoms with Crippen LogP contribution in [0.25, 0.3) is 0 Å². The Bertz CT molecular complexity index is 548. The minimum absolute atomic E-state index is 0.196. The number of hydrogen-bond acceptors (Lipinski definition) is 3. The molecule has 0 atom stereocenters. The summed E-state index contributed by atoms with van der Waals surface area (Å²) < 4.78 is 26.9. The topological polar surface area (TPSA) is 72.2 Å². The Hall–Kier alpha value is -1.07. The van der Waals surface area contributed by atoms with Crippen molar-refractivity contribution in [3.8, 4) is 0 Å². The van der Waals surface area contributed by atoms with Crippen molar-refractivity contribution in [3.63, 3.8) is 0 Å². The van der Waals surface area contributed by atoms with E-state index in [1.807, 2.05) is 13.8 Å². The summed E-state index contributed by atoms with van der Waals surface area (Å²) in [6.07, 6.45) is 3.38. The van der Waals surface area contributed by atoms with Gasteiger partial charge in [-0.25, -0.2) is 13.1 Å². The van der Waals surface area contributed by atoms with E-state index < -0.39 is 10.0 Å². The summed E-state index contributed by atoms with van der Waals surface area (Å²) >= 11 is 0. The van der Waals surface area contributed by atoms with E-state index in [9.17, 15) is 8.42 Å². The molecule has 0 aromatic heterocycles. The highest BCUT2D eigenvalue weighted by Crippen LogP contribution is 2.32. The van der Waals surface area contributed by atoms with Gasteiger partial charge in [0, 0.05) is 6.54 Å². The van der Waals surface area contributed by atoms with Crippen LogP contribution in [0.3, 0.4) is 0 Å². The number of hydrogen-bond donors (Lipinski definition) is 2. The van der Waals surface area contributed by atoms with Crippen molar-refractivity contribution in [1.29, 1.82) is 0 Å². The molecule has 0 amide bonds. The van der Waals surface area contributed by atoms with Gasteiger partial charge < -0.3 is 5.73 Å². The van der Waals surface area contributed by atoms with Gasteiger partial charge in [0.15, 0.2) is 0 Å². The van der Waals surface area contributed by atoms with Crippen LogP contribution in [0.5, 0.6) is 0 Å². The van der Waals surface area contributed by atoms with Crippen molar-refractivity contribution in [3.05, 3.63) is 23.3 Å². The first-order valence-electron chi connectivity index (χ1n) is 6.26. The van der Waals surface area contributed by atoms with Gasteiger partial charge in [-0.05, 0) is 49.4 Å². The van der Waals surface area contributed by atoms with Crippen LogP contribution in [0.1, 0.15) is 30.4 Å². The van der Waals surface area contributed by atoms with Gasteiger partial charge in [0.25, 0.3) is 0 Å². The van der Waals surface area contributed by atoms with Gasteiger partial charge in [-0.1, -0.05) is 12.8 Å². The Morgan fingerprint density at radius 3 is 2.50 bits per heavy atom. The molecule has 1 fully saturated rings. The van der Waals surface area contributed by atoms with E-state index in [0.29, 0.717) is 18.2 Å². The quantitative estimate of drug-likeness (QED) is 0.802. The van der Waals surface area contributed by atoms with Crippen LogP contribution in [0.4, 0.5) is 5.69 Å². The van der Waals surface area contributed by atoms with Gasteiger partial charge in [0.2, 0.25) is 10.0 Å². The van der Waals surface area contributed by atoms with Crippen molar-refractivity contribution in [1.82, 2.24) is 4.72 Å². The highest BCUT2D eigenvalue weighted by Gasteiger charge is 2.23. The van der Waals surface area contributed by atoms with Crippen molar-refractivity contribution in [2.75, 3.05) is 12.3 Å². The third kappa shape index (κ3) is 3.03. The summed E-state index contributed by atoms with van der Waals surface area (Å²) in [4.78, 5) is 0.196. The van der Waals surface area contributed by atoms with E-state index in [2.05, 4.69) is 4.72 Å². The Morgan fingerprint density at radius 1 is 1.28 bits per heavy atom. The molecule has 0 bridgehead atoms. The molecule has 5 heteroatoms. The lowest BCUT2D eigenvalue weighted by atomic mass is 10.1. The second-order valence-electron chi connectivity index (χ2n) is 5.10. The lowest BCUT2D eigenvalue weighted by Gasteiger charge is -2.11. The molecule has 1 saturated carbocycles. The zero-order chi connectivity index (χ0) is 13.3. The van der Waals surface area contributed by atoms with E-state index in [-0.39, 0.29) is 4.90 Å². The van der Waals surface area contributed by atoms with Crippen LogP contribution >= 0.6 is 0 Å². The summed E-state index contributed by atoms with van der Waals surface area (Å²) in [6, 6.07) is 3.36. The molecule has 0 unspecified atom stereocenters. The zero-order valence-electron chi connectivity index (χ0n) is 10.9. The molecule has 4 nitrogen and oxygen atoms in total. The van der Waals surface area contributed by atoms with E-state index in [4.69, 9.17) is 5.73 Å². The van der Waals surface area contributed by atoms with E-state index in [1.54, 1.807) is 12.1 Å². The standard InChI is InChI=1S/C13H20N2O2S/c1-9-7-12(14)13(8-10(9)2)18(16,17)15-6-5-11-3-4-11/h7-8,11,15H,3-6,14H2,1-2H3. The predicted octanol–water partition coefficient (Wildman–Crippen LogP) is 1.96. The molecule has 2 rings (SSSR count). The second kappa shape index (κ2) is 4.90. The third-order valence-corrected chi connectivity index (χ3v) is 4.97. The maximum absolute atomic E-state index is 12.1. The molecule has 0 spiro atoms. The molecular formula is C13H20N2O2S. The number of nitrogen functional groups attached to an aromatic ring is 1. The number of aryl methyl sites for hydroxylation is 2. The summed E-state index contributed by atoms with van der Waals surface area (Å²) in [5.41, 5.74) is 8.06. The maximum Gasteiger partial charge on any atom is 0.242 e. The minimum Gasteiger partial charge on any atom is -0.398 e. The van der Waals surface area contributed by atoms with Gasteiger partial charge in [-0.2, -0.15) is 0 Å². The van der Waals surface area contributed by atoms with Gasteiger partial charge in [-0.15, -0.1) is 0 Å². The normalized spacial score (nSPS) is 15.9. The highest BCUT2D eigenvalue weighted by atomic mass is 32.2. The Labute approximate surface area is 109 Å². The molecule has 0 saturated heterocycles. The van der Waals surface area contributed by atoms with E-state index in [1.165, 1.54) is 12.8 Å². The van der Waals surface area contributed by atoms with Gasteiger partial charge in [0.05, 0.1) is 5.69 Å². The van der Waals surface area contributed by atoms with Crippen LogP contribution in [-0.4, -0.2) is 15.0 Å². The van der Waals surface area contributed by atoms with Crippen LogP contribution in [0.15, 0.2) is 17.0 Å². The summed E-state index contributed by atoms with van der Waals surface area (Å²) in [7, 11) is -3.47. The zero-order valence-corrected chi connectivity index (χ0v) is 11.7. The first-order chi connectivity index (χ1) is 8.40. The van der Waals surface area contributed by atoms with Gasteiger partial charge in [-0.3, -0.25) is 0 Å². The number of nitrogens with one attached hydrogen (secondary N) is 1. The summed E-state index contributed by atoms with van der Waals surface area (Å²) in [6.45, 7) is 4.31. The monoisotopic (exact) mass is 268 g/mol. The number of sulfonamides is 1. The second-order valence-corrected chi connectivity index (χ2v) is 6.84. The largest absolute Gasteiger partial charge is 0.398 e. The molecule has 1 aromatic carbocycles. The Balaban J connectivity index is 2.14. The number of benzene rings is 1. The third-order valence-electron chi connectivity index (χ3n) is 3.46. The van der Waals surface area contributed by atoms with Gasteiger partial charge in [0.1, 0.15) is 4.90 Å². The Morgan fingerprint density at radius 2 is 1.89 bits per heavy atom. The molecule has 0 aliphatic heterocycles. The van der Waals surface area contributed by atoms with E-state index in [0.717, 1.165) is 17.5 Å². The molecule has 18 heavy (non-hydrogen) atoms. The number of nitrogens with two attached hydrogens (primary N) is 1. The lowest BCUT2D eigenvalue weighted by Crippen LogP contribution is -2.26. The molecule has 100 valence electrons. The lowest BCUT2D eigenvalue weighted by molar-refractivity contribution is 0.575. The molecule has 0 heterocycles. The van der Waals surface area contributed by atoms with Crippen molar-refractivity contribution in [2.24, 2.45) is 5.92 Å². The smallest absolute Gasteiger partial charge is 0.242 e. The van der Waals surface area contributed by atoms with Crippen LogP contribution in [-0.2, 0) is 10.0 Å². The first-order valence-corrected chi connectivity index (χ1v) is 7.75. The predicted molar refractivity (Wildman–Crippen MR) is 72.9 cm³/mol. The number of rotatable bonds is 5. The summed E-state index contributed by atoms with van der Waals surface area (Å²) in [5, 5.41) is 0. The molecule has 0 radical (unpaired) electrons. The van der Waals surface area contributed by atoms with Crippen molar-refractivity contribution in [2.45, 2.75) is 38.0 Å². The van der Waals surface area contributed by atoms with Crippen LogP contribution in [0.2, 0.25) is 0 Å². The molecule has 1 aliphatic carbocycles. The number of anilines is 1. The maximum atomic E-state index is 12.1.